The van der Waals surface area contributed by atoms with Crippen molar-refractivity contribution < 1.29 is 14.3 Å². The van der Waals surface area contributed by atoms with Gasteiger partial charge in [0, 0.05) is 0 Å². The minimum Gasteiger partial charge on any atom is -0.497 e. The van der Waals surface area contributed by atoms with Crippen molar-refractivity contribution in [1.29, 1.82) is 0 Å². The molecule has 18 heavy (non-hydrogen) atoms. The summed E-state index contributed by atoms with van der Waals surface area (Å²) in [4.78, 5) is 11.8. The number of carbonyl (C=O) groups excluding carboxylic acids is 1. The highest BCUT2D eigenvalue weighted by Crippen LogP contribution is 2.21. The lowest BCUT2D eigenvalue weighted by molar-refractivity contribution is -0.149. The van der Waals surface area contributed by atoms with Crippen molar-refractivity contribution in [1.82, 2.24) is 0 Å². The number of hydrogen-bond acceptors (Lipinski definition) is 3. The fourth-order valence-corrected chi connectivity index (χ4v) is 2.36. The largest absolute Gasteiger partial charge is 0.497 e. The van der Waals surface area contributed by atoms with Gasteiger partial charge < -0.3 is 9.47 Å². The Morgan fingerprint density at radius 1 is 1.28 bits per heavy atom. The standard InChI is InChI=1S/C15H20O3/c1-17-14-9-5-6-12(10-14)11-15(16)18-13-7-3-2-4-8-13/h5-6,9-10,13H,2-4,7-8,11H2,1H3. The molecule has 0 atom stereocenters. The highest BCUT2D eigenvalue weighted by molar-refractivity contribution is 5.72. The number of ether oxygens (including phenoxy) is 2. The van der Waals surface area contributed by atoms with Gasteiger partial charge in [0.15, 0.2) is 0 Å². The maximum atomic E-state index is 11.8. The van der Waals surface area contributed by atoms with Crippen LogP contribution in [0.25, 0.3) is 0 Å². The Hall–Kier alpha value is -1.51. The molecule has 2 rings (SSSR count). The van der Waals surface area contributed by atoms with Crippen LogP contribution in [0.2, 0.25) is 0 Å². The molecule has 0 heterocycles. The first-order valence-corrected chi connectivity index (χ1v) is 6.60. The molecule has 0 amide bonds. The lowest BCUT2D eigenvalue weighted by atomic mass is 9.98. The summed E-state index contributed by atoms with van der Waals surface area (Å²) in [6, 6.07) is 7.56. The molecule has 3 nitrogen and oxygen atoms in total. The van der Waals surface area contributed by atoms with Gasteiger partial charge in [-0.25, -0.2) is 0 Å². The van der Waals surface area contributed by atoms with E-state index in [0.717, 1.165) is 24.2 Å². The van der Waals surface area contributed by atoms with Crippen molar-refractivity contribution in [2.75, 3.05) is 7.11 Å². The highest BCUT2D eigenvalue weighted by atomic mass is 16.5. The molecule has 1 fully saturated rings. The molecule has 1 aromatic carbocycles. The average molecular weight is 248 g/mol. The zero-order valence-corrected chi connectivity index (χ0v) is 10.9. The number of carbonyl (C=O) groups is 1. The van der Waals surface area contributed by atoms with Gasteiger partial charge in [0.1, 0.15) is 11.9 Å². The Morgan fingerprint density at radius 2 is 2.06 bits per heavy atom. The molecule has 0 aromatic heterocycles. The third-order valence-electron chi connectivity index (χ3n) is 3.33. The number of benzene rings is 1. The van der Waals surface area contributed by atoms with Crippen molar-refractivity contribution in [2.45, 2.75) is 44.6 Å². The third-order valence-corrected chi connectivity index (χ3v) is 3.33. The number of hydrogen-bond donors (Lipinski definition) is 0. The van der Waals surface area contributed by atoms with Crippen molar-refractivity contribution in [2.24, 2.45) is 0 Å². The first-order valence-electron chi connectivity index (χ1n) is 6.60. The molecule has 1 aliphatic carbocycles. The van der Waals surface area contributed by atoms with Crippen LogP contribution < -0.4 is 4.74 Å². The van der Waals surface area contributed by atoms with Crippen LogP contribution in [0.15, 0.2) is 24.3 Å². The van der Waals surface area contributed by atoms with E-state index in [2.05, 4.69) is 0 Å². The van der Waals surface area contributed by atoms with Gasteiger partial charge in [0.25, 0.3) is 0 Å². The van der Waals surface area contributed by atoms with Gasteiger partial charge in [0.2, 0.25) is 0 Å². The second kappa shape index (κ2) is 6.43. The Labute approximate surface area is 108 Å². The molecule has 1 aromatic rings. The van der Waals surface area contributed by atoms with Crippen LogP contribution in [-0.2, 0) is 16.0 Å². The summed E-state index contributed by atoms with van der Waals surface area (Å²) in [5.74, 6) is 0.646. The number of rotatable bonds is 4. The number of esters is 1. The zero-order chi connectivity index (χ0) is 12.8. The summed E-state index contributed by atoms with van der Waals surface area (Å²) in [5, 5.41) is 0. The van der Waals surface area contributed by atoms with E-state index in [-0.39, 0.29) is 12.1 Å². The van der Waals surface area contributed by atoms with Gasteiger partial charge in [-0.3, -0.25) is 4.79 Å². The minimum atomic E-state index is -0.129. The van der Waals surface area contributed by atoms with Crippen molar-refractivity contribution in [3.8, 4) is 5.75 Å². The van der Waals surface area contributed by atoms with E-state index in [1.54, 1.807) is 7.11 Å². The first-order chi connectivity index (χ1) is 8.78. The van der Waals surface area contributed by atoms with Crippen LogP contribution in [0.3, 0.4) is 0 Å². The summed E-state index contributed by atoms with van der Waals surface area (Å²) >= 11 is 0. The molecule has 98 valence electrons. The van der Waals surface area contributed by atoms with E-state index in [9.17, 15) is 4.79 Å². The topological polar surface area (TPSA) is 35.5 Å². The Kier molecular flexibility index (Phi) is 4.62. The summed E-state index contributed by atoms with van der Waals surface area (Å²) in [7, 11) is 1.62. The Bertz CT molecular complexity index is 394. The molecule has 1 aliphatic rings. The molecule has 0 bridgehead atoms. The van der Waals surface area contributed by atoms with Crippen molar-refractivity contribution >= 4 is 5.97 Å². The van der Waals surface area contributed by atoms with Gasteiger partial charge in [-0.2, -0.15) is 0 Å². The van der Waals surface area contributed by atoms with Crippen LogP contribution in [0.1, 0.15) is 37.7 Å². The molecular weight excluding hydrogens is 228 g/mol. The summed E-state index contributed by atoms with van der Waals surface area (Å²) in [6.45, 7) is 0. The molecule has 0 unspecified atom stereocenters. The van der Waals surface area contributed by atoms with Crippen LogP contribution >= 0.6 is 0 Å². The average Bonchev–Trinajstić information content (AvgIpc) is 2.40. The summed E-state index contributed by atoms with van der Waals surface area (Å²) < 4.78 is 10.6. The molecule has 0 N–H and O–H groups in total. The molecule has 0 radical (unpaired) electrons. The molecular formula is C15H20O3. The fourth-order valence-electron chi connectivity index (χ4n) is 2.36. The fraction of sp³-hybridized carbons (Fsp3) is 0.533. The quantitative estimate of drug-likeness (QED) is 0.768. The monoisotopic (exact) mass is 248 g/mol. The second-order valence-electron chi connectivity index (χ2n) is 4.78. The van der Waals surface area contributed by atoms with E-state index in [0.29, 0.717) is 6.42 Å². The lowest BCUT2D eigenvalue weighted by Crippen LogP contribution is -2.21. The summed E-state index contributed by atoms with van der Waals surface area (Å²) in [5.41, 5.74) is 0.940. The van der Waals surface area contributed by atoms with Gasteiger partial charge in [0.05, 0.1) is 13.5 Å². The predicted octanol–water partition coefficient (Wildman–Crippen LogP) is 3.11. The van der Waals surface area contributed by atoms with Crippen LogP contribution in [0.4, 0.5) is 0 Å². The normalized spacial score (nSPS) is 16.3. The lowest BCUT2D eigenvalue weighted by Gasteiger charge is -2.21. The third kappa shape index (κ3) is 3.76. The molecule has 0 spiro atoms. The van der Waals surface area contributed by atoms with Crippen LogP contribution in [0, 0.1) is 0 Å². The maximum Gasteiger partial charge on any atom is 0.310 e. The smallest absolute Gasteiger partial charge is 0.310 e. The van der Waals surface area contributed by atoms with Crippen LogP contribution in [-0.4, -0.2) is 19.2 Å². The van der Waals surface area contributed by atoms with E-state index in [4.69, 9.17) is 9.47 Å². The van der Waals surface area contributed by atoms with Gasteiger partial charge in [-0.15, -0.1) is 0 Å². The maximum absolute atomic E-state index is 11.8. The summed E-state index contributed by atoms with van der Waals surface area (Å²) in [6.07, 6.45) is 6.12. The molecule has 1 saturated carbocycles. The molecule has 0 aliphatic heterocycles. The Morgan fingerprint density at radius 3 is 2.78 bits per heavy atom. The molecule has 0 saturated heterocycles. The molecule has 3 heteroatoms. The Balaban J connectivity index is 1.85. The van der Waals surface area contributed by atoms with Crippen molar-refractivity contribution in [3.05, 3.63) is 29.8 Å². The zero-order valence-electron chi connectivity index (χ0n) is 10.9. The van der Waals surface area contributed by atoms with Gasteiger partial charge in [-0.05, 0) is 43.4 Å². The first kappa shape index (κ1) is 12.9. The van der Waals surface area contributed by atoms with Crippen LogP contribution in [0.5, 0.6) is 5.75 Å². The predicted molar refractivity (Wildman–Crippen MR) is 69.7 cm³/mol. The highest BCUT2D eigenvalue weighted by Gasteiger charge is 2.17. The second-order valence-corrected chi connectivity index (χ2v) is 4.78. The van der Waals surface area contributed by atoms with E-state index in [1.807, 2.05) is 24.3 Å². The SMILES string of the molecule is COc1cccc(CC(=O)OC2CCCCC2)c1. The number of methoxy groups -OCH3 is 1. The van der Waals surface area contributed by atoms with Crippen molar-refractivity contribution in [3.63, 3.8) is 0 Å². The minimum absolute atomic E-state index is 0.129. The van der Waals surface area contributed by atoms with E-state index < -0.39 is 0 Å². The van der Waals surface area contributed by atoms with Gasteiger partial charge in [-0.1, -0.05) is 18.6 Å². The van der Waals surface area contributed by atoms with Gasteiger partial charge >= 0.3 is 5.97 Å². The van der Waals surface area contributed by atoms with E-state index >= 15 is 0 Å². The van der Waals surface area contributed by atoms with E-state index in [1.165, 1.54) is 19.3 Å².